The van der Waals surface area contributed by atoms with Crippen molar-refractivity contribution in [3.05, 3.63) is 65.4 Å². The van der Waals surface area contributed by atoms with Crippen LogP contribution in [0.4, 0.5) is 5.69 Å². The van der Waals surface area contributed by atoms with E-state index in [4.69, 9.17) is 5.21 Å². The Morgan fingerprint density at radius 3 is 2.13 bits per heavy atom. The van der Waals surface area contributed by atoms with Crippen molar-refractivity contribution < 1.29 is 23.5 Å². The zero-order valence-electron chi connectivity index (χ0n) is 11.7. The van der Waals surface area contributed by atoms with Gasteiger partial charge >= 0.3 is 5.97 Å². The van der Waals surface area contributed by atoms with Gasteiger partial charge < -0.3 is 15.5 Å². The maximum absolute atomic E-state index is 12.3. The third kappa shape index (κ3) is 4.05. The molecule has 0 aliphatic carbocycles. The Kier molecular flexibility index (Phi) is 4.96. The summed E-state index contributed by atoms with van der Waals surface area (Å²) in [7, 11) is -4.13. The number of carbonyl (C=O) groups is 1. The summed E-state index contributed by atoms with van der Waals surface area (Å²) in [4.78, 5) is 11.1. The molecular weight excluding hydrogens is 324 g/mol. The molecule has 8 nitrogen and oxygen atoms in total. The Hall–Kier alpha value is -2.46. The second-order valence-corrected chi connectivity index (χ2v) is 6.28. The zero-order chi connectivity index (χ0) is 17.0. The minimum absolute atomic E-state index is 0.151. The van der Waals surface area contributed by atoms with Crippen LogP contribution in [0.5, 0.6) is 0 Å². The van der Waals surface area contributed by atoms with Gasteiger partial charge in [0.25, 0.3) is 0 Å². The van der Waals surface area contributed by atoms with Gasteiger partial charge in [-0.2, -0.15) is 4.72 Å². The van der Waals surface area contributed by atoms with Gasteiger partial charge in [0.2, 0.25) is 10.0 Å². The third-order valence-corrected chi connectivity index (χ3v) is 4.46. The van der Waals surface area contributed by atoms with Crippen molar-refractivity contribution in [2.24, 2.45) is 0 Å². The molecule has 0 fully saturated rings. The fourth-order valence-electron chi connectivity index (χ4n) is 1.88. The topological polar surface area (TPSA) is 130 Å². The summed E-state index contributed by atoms with van der Waals surface area (Å²) >= 11 is 0. The minimum atomic E-state index is -4.13. The SMILES string of the molecule is O=C(O)C(NS(=O)(=O)c1ccc(N([O-])O)cc1)c1ccccc1. The standard InChI is InChI=1S/C14H13N2O6S/c17-14(18)13(10-4-2-1-3-5-10)15-23(21,22)12-8-6-11(7-9-12)16(19)20/h1-9,13,15,19H,(H,17,18)/q-1. The van der Waals surface area contributed by atoms with Crippen molar-refractivity contribution in [2.75, 3.05) is 5.23 Å². The zero-order valence-corrected chi connectivity index (χ0v) is 12.5. The lowest BCUT2D eigenvalue weighted by Gasteiger charge is -2.21. The van der Waals surface area contributed by atoms with Crippen LogP contribution >= 0.6 is 0 Å². The summed E-state index contributed by atoms with van der Waals surface area (Å²) in [6.45, 7) is 0. The van der Waals surface area contributed by atoms with Gasteiger partial charge in [-0.15, -0.1) is 0 Å². The van der Waals surface area contributed by atoms with E-state index in [1.54, 1.807) is 18.2 Å². The number of rotatable bonds is 6. The van der Waals surface area contributed by atoms with E-state index in [1.807, 2.05) is 0 Å². The van der Waals surface area contributed by atoms with Gasteiger partial charge in [0.1, 0.15) is 6.04 Å². The summed E-state index contributed by atoms with van der Waals surface area (Å²) < 4.78 is 26.6. The molecule has 0 amide bonds. The molecule has 0 aliphatic heterocycles. The summed E-state index contributed by atoms with van der Waals surface area (Å²) in [5, 5.41) is 28.2. The lowest BCUT2D eigenvalue weighted by Crippen LogP contribution is -2.33. The number of hydrogen-bond donors (Lipinski definition) is 3. The van der Waals surface area contributed by atoms with Gasteiger partial charge in [0.05, 0.1) is 10.6 Å². The van der Waals surface area contributed by atoms with Crippen LogP contribution in [0.15, 0.2) is 59.5 Å². The Morgan fingerprint density at radius 2 is 1.65 bits per heavy atom. The average Bonchev–Trinajstić information content (AvgIpc) is 2.53. The van der Waals surface area contributed by atoms with E-state index in [0.717, 1.165) is 24.3 Å². The lowest BCUT2D eigenvalue weighted by molar-refractivity contribution is -0.139. The number of benzene rings is 2. The Bertz CT molecular complexity index is 775. The first kappa shape index (κ1) is 16.9. The molecule has 2 aromatic carbocycles. The van der Waals surface area contributed by atoms with Crippen molar-refractivity contribution in [2.45, 2.75) is 10.9 Å². The number of anilines is 1. The number of aliphatic carboxylic acids is 1. The van der Waals surface area contributed by atoms with E-state index in [-0.39, 0.29) is 16.1 Å². The van der Waals surface area contributed by atoms with Gasteiger partial charge in [0, 0.05) is 0 Å². The molecule has 1 unspecified atom stereocenters. The van der Waals surface area contributed by atoms with Crippen LogP contribution in [-0.2, 0) is 14.8 Å². The highest BCUT2D eigenvalue weighted by Gasteiger charge is 2.26. The van der Waals surface area contributed by atoms with Gasteiger partial charge in [-0.1, -0.05) is 30.3 Å². The first-order chi connectivity index (χ1) is 10.8. The van der Waals surface area contributed by atoms with Crippen LogP contribution in [0.25, 0.3) is 0 Å². The highest BCUT2D eigenvalue weighted by atomic mass is 32.2. The second kappa shape index (κ2) is 6.75. The maximum Gasteiger partial charge on any atom is 0.326 e. The number of carboxylic acids is 1. The van der Waals surface area contributed by atoms with E-state index in [0.29, 0.717) is 0 Å². The molecule has 9 heteroatoms. The van der Waals surface area contributed by atoms with Crippen LogP contribution in [0.1, 0.15) is 11.6 Å². The van der Waals surface area contributed by atoms with E-state index < -0.39 is 27.3 Å². The van der Waals surface area contributed by atoms with Crippen molar-refractivity contribution in [3.63, 3.8) is 0 Å². The van der Waals surface area contributed by atoms with Gasteiger partial charge in [0.15, 0.2) is 0 Å². The van der Waals surface area contributed by atoms with Gasteiger partial charge in [-0.25, -0.2) is 8.42 Å². The lowest BCUT2D eigenvalue weighted by atomic mass is 10.1. The summed E-state index contributed by atoms with van der Waals surface area (Å²) in [5.74, 6) is -1.35. The normalized spacial score (nSPS) is 12.6. The predicted octanol–water partition coefficient (Wildman–Crippen LogP) is 1.48. The van der Waals surface area contributed by atoms with E-state index >= 15 is 0 Å². The molecule has 23 heavy (non-hydrogen) atoms. The number of nitrogens with one attached hydrogen (secondary N) is 1. The predicted molar refractivity (Wildman–Crippen MR) is 81.2 cm³/mol. The Labute approximate surface area is 132 Å². The molecule has 0 saturated carbocycles. The van der Waals surface area contributed by atoms with Crippen LogP contribution in [-0.4, -0.2) is 24.7 Å². The summed E-state index contributed by atoms with van der Waals surface area (Å²) in [5.41, 5.74) is 0.128. The Morgan fingerprint density at radius 1 is 1.09 bits per heavy atom. The van der Waals surface area contributed by atoms with Gasteiger partial charge in [-0.05, 0) is 29.8 Å². The first-order valence-electron chi connectivity index (χ1n) is 6.37. The van der Waals surface area contributed by atoms with Crippen molar-refractivity contribution in [1.29, 1.82) is 0 Å². The second-order valence-electron chi connectivity index (χ2n) is 4.57. The van der Waals surface area contributed by atoms with E-state index in [2.05, 4.69) is 4.72 Å². The Balaban J connectivity index is 2.30. The third-order valence-electron chi connectivity index (χ3n) is 3.02. The number of carboxylic acid groups (broad SMARTS) is 1. The van der Waals surface area contributed by atoms with Crippen LogP contribution in [0.2, 0.25) is 0 Å². The number of nitrogens with zero attached hydrogens (tertiary/aromatic N) is 1. The smallest absolute Gasteiger partial charge is 0.326 e. The van der Waals surface area contributed by atoms with Crippen molar-refractivity contribution in [3.8, 4) is 0 Å². The molecule has 0 aliphatic rings. The molecule has 0 aromatic heterocycles. The molecular formula is C14H13N2O6S-. The van der Waals surface area contributed by atoms with Crippen molar-refractivity contribution >= 4 is 21.7 Å². The molecule has 0 spiro atoms. The largest absolute Gasteiger partial charge is 0.733 e. The molecule has 0 bridgehead atoms. The average molecular weight is 337 g/mol. The fraction of sp³-hybridized carbons (Fsp3) is 0.0714. The van der Waals surface area contributed by atoms with Crippen LogP contribution in [0, 0.1) is 5.21 Å². The number of sulfonamides is 1. The van der Waals surface area contributed by atoms with Crippen molar-refractivity contribution in [1.82, 2.24) is 4.72 Å². The molecule has 0 saturated heterocycles. The monoisotopic (exact) mass is 337 g/mol. The molecule has 2 aromatic rings. The molecule has 3 N–H and O–H groups in total. The quantitative estimate of drug-likeness (QED) is 0.681. The van der Waals surface area contributed by atoms with E-state index in [9.17, 15) is 23.5 Å². The molecule has 2 rings (SSSR count). The highest BCUT2D eigenvalue weighted by molar-refractivity contribution is 7.89. The molecule has 0 heterocycles. The maximum atomic E-state index is 12.3. The van der Waals surface area contributed by atoms with E-state index in [1.165, 1.54) is 12.1 Å². The molecule has 0 radical (unpaired) electrons. The molecule has 122 valence electrons. The minimum Gasteiger partial charge on any atom is -0.733 e. The first-order valence-corrected chi connectivity index (χ1v) is 7.86. The number of hydrogen-bond acceptors (Lipinski definition) is 6. The van der Waals surface area contributed by atoms with Crippen LogP contribution in [0.3, 0.4) is 0 Å². The highest BCUT2D eigenvalue weighted by Crippen LogP contribution is 2.20. The van der Waals surface area contributed by atoms with Gasteiger partial charge in [-0.3, -0.25) is 10.0 Å². The molecule has 1 atom stereocenters. The fourth-order valence-corrected chi connectivity index (χ4v) is 3.06. The summed E-state index contributed by atoms with van der Waals surface area (Å²) in [6.07, 6.45) is 0. The summed E-state index contributed by atoms with van der Waals surface area (Å²) in [6, 6.07) is 10.8. The van der Waals surface area contributed by atoms with Crippen LogP contribution < -0.4 is 9.95 Å².